The van der Waals surface area contributed by atoms with Crippen LogP contribution in [0.5, 0.6) is 5.75 Å². The summed E-state index contributed by atoms with van der Waals surface area (Å²) in [7, 11) is 0. The SMILES string of the molecule is O=C(O)c1ccccc1.[O-][S+](Cc1cccc(O)c1)c1nc2cnccc2[nH]1. The fourth-order valence-corrected chi connectivity index (χ4v) is 3.43. The molecule has 3 N–H and O–H groups in total. The van der Waals surface area contributed by atoms with Gasteiger partial charge in [0.2, 0.25) is 0 Å². The number of nitrogens with zero attached hydrogens (tertiary/aromatic N) is 2. The zero-order valence-corrected chi connectivity index (χ0v) is 15.5. The quantitative estimate of drug-likeness (QED) is 0.456. The third kappa shape index (κ3) is 5.09. The lowest BCUT2D eigenvalue weighted by Crippen LogP contribution is -2.06. The molecule has 0 aliphatic rings. The van der Waals surface area contributed by atoms with Gasteiger partial charge < -0.3 is 14.8 Å². The molecule has 0 saturated carbocycles. The lowest BCUT2D eigenvalue weighted by atomic mass is 10.2. The minimum Gasteiger partial charge on any atom is -0.609 e. The van der Waals surface area contributed by atoms with E-state index in [1.165, 1.54) is 0 Å². The summed E-state index contributed by atoms with van der Waals surface area (Å²) in [4.78, 5) is 21.4. The van der Waals surface area contributed by atoms with E-state index in [0.717, 1.165) is 11.1 Å². The van der Waals surface area contributed by atoms with Crippen molar-refractivity contribution in [3.63, 3.8) is 0 Å². The predicted octanol–water partition coefficient (Wildman–Crippen LogP) is 3.36. The van der Waals surface area contributed by atoms with Crippen LogP contribution >= 0.6 is 0 Å². The van der Waals surface area contributed by atoms with Crippen LogP contribution in [0.2, 0.25) is 0 Å². The van der Waals surface area contributed by atoms with Gasteiger partial charge in [0, 0.05) is 22.9 Å². The average molecular weight is 395 g/mol. The van der Waals surface area contributed by atoms with Crippen LogP contribution in [0.4, 0.5) is 0 Å². The number of carboxylic acids is 1. The molecule has 0 amide bonds. The Kier molecular flexibility index (Phi) is 6.25. The van der Waals surface area contributed by atoms with Gasteiger partial charge in [-0.15, -0.1) is 0 Å². The number of rotatable bonds is 4. The maximum atomic E-state index is 12.2. The molecule has 0 bridgehead atoms. The van der Waals surface area contributed by atoms with Gasteiger partial charge in [-0.25, -0.2) is 4.79 Å². The first kappa shape index (κ1) is 19.4. The molecule has 2 aromatic heterocycles. The Bertz CT molecular complexity index is 1040. The largest absolute Gasteiger partial charge is 0.609 e. The van der Waals surface area contributed by atoms with Crippen molar-refractivity contribution in [2.75, 3.05) is 0 Å². The van der Waals surface area contributed by atoms with Gasteiger partial charge in [0.05, 0.1) is 17.3 Å². The Morgan fingerprint density at radius 3 is 2.54 bits per heavy atom. The minimum atomic E-state index is -1.28. The Labute approximate surface area is 163 Å². The Morgan fingerprint density at radius 1 is 1.11 bits per heavy atom. The number of aromatic carboxylic acids is 1. The van der Waals surface area contributed by atoms with Crippen molar-refractivity contribution in [2.45, 2.75) is 10.9 Å². The monoisotopic (exact) mass is 395 g/mol. The summed E-state index contributed by atoms with van der Waals surface area (Å²) in [5, 5.41) is 18.2. The third-order valence-electron chi connectivity index (χ3n) is 3.71. The normalized spacial score (nSPS) is 11.5. The lowest BCUT2D eigenvalue weighted by Gasteiger charge is -2.06. The standard InChI is InChI=1S/C13H11N3O2S.C7H6O2/c17-10-3-1-2-9(6-10)8-19(18)13-15-11-4-5-14-7-12(11)16-13;8-7(9)6-4-2-1-3-5-6/h1-7,17H,8H2,(H,15,16);1-5H,(H,8,9). The number of hydrogen-bond acceptors (Lipinski definition) is 5. The van der Waals surface area contributed by atoms with E-state index in [1.807, 2.05) is 6.07 Å². The second-order valence-corrected chi connectivity index (χ2v) is 7.13. The van der Waals surface area contributed by atoms with E-state index in [4.69, 9.17) is 5.11 Å². The van der Waals surface area contributed by atoms with Crippen LogP contribution in [-0.2, 0) is 16.9 Å². The number of imidazole rings is 1. The van der Waals surface area contributed by atoms with Gasteiger partial charge in [-0.3, -0.25) is 9.97 Å². The molecule has 0 fully saturated rings. The second-order valence-electron chi connectivity index (χ2n) is 5.77. The molecule has 28 heavy (non-hydrogen) atoms. The number of phenols is 1. The summed E-state index contributed by atoms with van der Waals surface area (Å²) in [6, 6.07) is 16.8. The van der Waals surface area contributed by atoms with Crippen molar-refractivity contribution in [2.24, 2.45) is 0 Å². The van der Waals surface area contributed by atoms with Crippen molar-refractivity contribution in [3.8, 4) is 5.75 Å². The van der Waals surface area contributed by atoms with Crippen molar-refractivity contribution in [1.82, 2.24) is 15.0 Å². The molecule has 0 spiro atoms. The number of aromatic nitrogens is 3. The number of aromatic amines is 1. The van der Waals surface area contributed by atoms with Crippen molar-refractivity contribution in [3.05, 3.63) is 84.2 Å². The molecule has 2 heterocycles. The number of hydrogen-bond donors (Lipinski definition) is 3. The zero-order valence-electron chi connectivity index (χ0n) is 14.6. The first-order chi connectivity index (χ1) is 13.5. The van der Waals surface area contributed by atoms with Crippen LogP contribution in [0.15, 0.2) is 78.2 Å². The first-order valence-corrected chi connectivity index (χ1v) is 9.59. The number of aromatic hydroxyl groups is 1. The van der Waals surface area contributed by atoms with Crippen LogP contribution in [0, 0.1) is 0 Å². The summed E-state index contributed by atoms with van der Waals surface area (Å²) in [5.41, 5.74) is 2.64. The summed E-state index contributed by atoms with van der Waals surface area (Å²) in [6.45, 7) is 0. The Balaban J connectivity index is 0.000000211. The summed E-state index contributed by atoms with van der Waals surface area (Å²) in [6.07, 6.45) is 3.28. The molecule has 142 valence electrons. The molecule has 4 aromatic rings. The van der Waals surface area contributed by atoms with Crippen LogP contribution in [0.25, 0.3) is 11.0 Å². The van der Waals surface area contributed by atoms with Crippen LogP contribution < -0.4 is 0 Å². The van der Waals surface area contributed by atoms with Crippen LogP contribution in [0.3, 0.4) is 0 Å². The van der Waals surface area contributed by atoms with E-state index in [0.29, 0.717) is 22.0 Å². The summed E-state index contributed by atoms with van der Waals surface area (Å²) in [5.74, 6) is -0.402. The molecular formula is C20H17N3O4S. The number of fused-ring (bicyclic) bond motifs is 1. The smallest absolute Gasteiger partial charge is 0.335 e. The van der Waals surface area contributed by atoms with E-state index < -0.39 is 17.1 Å². The zero-order chi connectivity index (χ0) is 19.9. The number of phenolic OH excluding ortho intramolecular Hbond substituents is 1. The van der Waals surface area contributed by atoms with Gasteiger partial charge >= 0.3 is 11.1 Å². The molecule has 1 atom stereocenters. The topological polar surface area (TPSA) is 122 Å². The Hall–Kier alpha value is -3.36. The van der Waals surface area contributed by atoms with E-state index in [9.17, 15) is 14.5 Å². The molecule has 0 saturated heterocycles. The van der Waals surface area contributed by atoms with E-state index >= 15 is 0 Å². The number of benzene rings is 2. The lowest BCUT2D eigenvalue weighted by molar-refractivity contribution is 0.0697. The van der Waals surface area contributed by atoms with Crippen LogP contribution in [0.1, 0.15) is 15.9 Å². The number of carbonyl (C=O) groups is 1. The molecule has 8 heteroatoms. The van der Waals surface area contributed by atoms with Crippen molar-refractivity contribution in [1.29, 1.82) is 0 Å². The summed E-state index contributed by atoms with van der Waals surface area (Å²) < 4.78 is 12.2. The molecular weight excluding hydrogens is 378 g/mol. The molecule has 2 aromatic carbocycles. The van der Waals surface area contributed by atoms with Gasteiger partial charge in [-0.1, -0.05) is 30.3 Å². The van der Waals surface area contributed by atoms with Gasteiger partial charge in [0.25, 0.3) is 0 Å². The van der Waals surface area contributed by atoms with E-state index in [2.05, 4.69) is 15.0 Å². The number of H-pyrrole nitrogens is 1. The summed E-state index contributed by atoms with van der Waals surface area (Å²) >= 11 is -1.28. The predicted molar refractivity (Wildman–Crippen MR) is 106 cm³/mol. The van der Waals surface area contributed by atoms with Gasteiger partial charge in [0.1, 0.15) is 17.0 Å². The van der Waals surface area contributed by atoms with Crippen LogP contribution in [-0.4, -0.2) is 35.7 Å². The molecule has 0 aliphatic carbocycles. The average Bonchev–Trinajstić information content (AvgIpc) is 3.14. The van der Waals surface area contributed by atoms with E-state index in [1.54, 1.807) is 67.0 Å². The second kappa shape index (κ2) is 9.03. The number of nitrogens with one attached hydrogen (secondary N) is 1. The van der Waals surface area contributed by atoms with Gasteiger partial charge in [0.15, 0.2) is 0 Å². The highest BCUT2D eigenvalue weighted by atomic mass is 32.2. The minimum absolute atomic E-state index is 0.170. The number of carboxylic acid groups (broad SMARTS) is 1. The molecule has 0 radical (unpaired) electrons. The number of pyridine rings is 1. The fourth-order valence-electron chi connectivity index (χ4n) is 2.39. The van der Waals surface area contributed by atoms with Crippen molar-refractivity contribution >= 4 is 28.2 Å². The highest BCUT2D eigenvalue weighted by Crippen LogP contribution is 2.19. The fraction of sp³-hybridized carbons (Fsp3) is 0.0500. The molecule has 4 rings (SSSR count). The molecule has 0 aliphatic heterocycles. The highest BCUT2D eigenvalue weighted by Gasteiger charge is 2.17. The highest BCUT2D eigenvalue weighted by molar-refractivity contribution is 7.90. The molecule has 7 nitrogen and oxygen atoms in total. The molecule has 1 unspecified atom stereocenters. The maximum Gasteiger partial charge on any atom is 0.335 e. The van der Waals surface area contributed by atoms with Gasteiger partial charge in [-0.2, -0.15) is 4.98 Å². The van der Waals surface area contributed by atoms with E-state index in [-0.39, 0.29) is 5.75 Å². The third-order valence-corrected chi connectivity index (χ3v) is 4.93. The first-order valence-electron chi connectivity index (χ1n) is 8.27. The van der Waals surface area contributed by atoms with Crippen molar-refractivity contribution < 1.29 is 19.6 Å². The Morgan fingerprint density at radius 2 is 1.89 bits per heavy atom. The maximum absolute atomic E-state index is 12.2. The van der Waals surface area contributed by atoms with Gasteiger partial charge in [-0.05, 0) is 30.3 Å².